The summed E-state index contributed by atoms with van der Waals surface area (Å²) in [5, 5.41) is 9.07. The number of nitrogens with zero attached hydrogens (tertiary/aromatic N) is 2. The van der Waals surface area contributed by atoms with Gasteiger partial charge in [-0.2, -0.15) is 5.10 Å². The number of amides is 1. The van der Waals surface area contributed by atoms with Crippen molar-refractivity contribution in [3.05, 3.63) is 75.4 Å². The van der Waals surface area contributed by atoms with Crippen molar-refractivity contribution in [3.63, 3.8) is 0 Å². The molecule has 1 amide bonds. The van der Waals surface area contributed by atoms with Gasteiger partial charge in [-0.3, -0.25) is 9.59 Å². The fourth-order valence-corrected chi connectivity index (χ4v) is 4.31. The molecule has 1 aliphatic rings. The van der Waals surface area contributed by atoms with Crippen molar-refractivity contribution in [2.45, 2.75) is 31.8 Å². The van der Waals surface area contributed by atoms with Gasteiger partial charge in [-0.15, -0.1) is 0 Å². The number of carbonyl (C=O) groups excluding carboxylic acids is 1. The maximum Gasteiger partial charge on any atom is 0.267 e. The van der Waals surface area contributed by atoms with Crippen LogP contribution in [0.15, 0.2) is 57.9 Å². The van der Waals surface area contributed by atoms with E-state index in [1.165, 1.54) is 17.9 Å². The number of aromatic nitrogens is 3. The molecule has 1 atom stereocenters. The fourth-order valence-electron chi connectivity index (χ4n) is 4.09. The first-order chi connectivity index (χ1) is 14.6. The van der Waals surface area contributed by atoms with Crippen molar-refractivity contribution in [1.29, 1.82) is 0 Å². The van der Waals surface area contributed by atoms with Gasteiger partial charge in [0.1, 0.15) is 12.2 Å². The van der Waals surface area contributed by atoms with Gasteiger partial charge in [-0.1, -0.05) is 23.7 Å². The van der Waals surface area contributed by atoms with Gasteiger partial charge in [0.2, 0.25) is 5.91 Å². The highest BCUT2D eigenvalue weighted by Gasteiger charge is 2.26. The number of para-hydroxylation sites is 1. The molecule has 0 radical (unpaired) electrons. The smallest absolute Gasteiger partial charge is 0.267 e. The standard InChI is InChI=1S/C22H19ClN4O3/c23-15-6-1-4-13-14-5-2-7-17(22(14)25-21(13)15)24-19(28)12-27-20(29)10-9-16(26-27)18-8-3-11-30-18/h1,3-4,6,8-11,17,25H,2,5,7,12H2,(H,24,28)/t17-/m0/s1. The minimum Gasteiger partial charge on any atom is -0.463 e. The normalized spacial score (nSPS) is 15.8. The number of hydrogen-bond acceptors (Lipinski definition) is 4. The summed E-state index contributed by atoms with van der Waals surface area (Å²) < 4.78 is 6.48. The summed E-state index contributed by atoms with van der Waals surface area (Å²) in [6.07, 6.45) is 4.25. The molecule has 3 aromatic heterocycles. The van der Waals surface area contributed by atoms with Crippen molar-refractivity contribution in [3.8, 4) is 11.5 Å². The summed E-state index contributed by atoms with van der Waals surface area (Å²) in [5.41, 5.74) is 3.23. The molecule has 0 aliphatic heterocycles. The van der Waals surface area contributed by atoms with Gasteiger partial charge in [-0.25, -0.2) is 4.68 Å². The third kappa shape index (κ3) is 3.31. The van der Waals surface area contributed by atoms with Crippen LogP contribution in [0.5, 0.6) is 0 Å². The van der Waals surface area contributed by atoms with Crippen LogP contribution in [0.25, 0.3) is 22.4 Å². The second-order valence-electron chi connectivity index (χ2n) is 7.38. The third-order valence-electron chi connectivity index (χ3n) is 5.46. The summed E-state index contributed by atoms with van der Waals surface area (Å²) in [6, 6.07) is 12.1. The van der Waals surface area contributed by atoms with E-state index in [-0.39, 0.29) is 24.1 Å². The lowest BCUT2D eigenvalue weighted by molar-refractivity contribution is -0.122. The van der Waals surface area contributed by atoms with E-state index >= 15 is 0 Å². The van der Waals surface area contributed by atoms with Crippen molar-refractivity contribution in [1.82, 2.24) is 20.1 Å². The molecule has 0 bridgehead atoms. The van der Waals surface area contributed by atoms with Gasteiger partial charge < -0.3 is 14.7 Å². The number of furan rings is 1. The maximum atomic E-state index is 12.7. The van der Waals surface area contributed by atoms with E-state index in [0.717, 1.165) is 40.5 Å². The minimum atomic E-state index is -0.345. The van der Waals surface area contributed by atoms with Crippen LogP contribution in [0.2, 0.25) is 5.02 Å². The predicted molar refractivity (Wildman–Crippen MR) is 113 cm³/mol. The van der Waals surface area contributed by atoms with Crippen molar-refractivity contribution in [2.75, 3.05) is 0 Å². The second-order valence-corrected chi connectivity index (χ2v) is 7.79. The Bertz CT molecular complexity index is 1290. The molecule has 8 heteroatoms. The monoisotopic (exact) mass is 422 g/mol. The lowest BCUT2D eigenvalue weighted by Crippen LogP contribution is -2.36. The fraction of sp³-hybridized carbons (Fsp3) is 0.227. The highest BCUT2D eigenvalue weighted by atomic mass is 35.5. The zero-order valence-electron chi connectivity index (χ0n) is 16.0. The maximum absolute atomic E-state index is 12.7. The van der Waals surface area contributed by atoms with E-state index in [1.807, 2.05) is 18.2 Å². The average molecular weight is 423 g/mol. The molecule has 5 rings (SSSR count). The Hall–Kier alpha value is -3.32. The van der Waals surface area contributed by atoms with Crippen LogP contribution in [-0.2, 0) is 17.8 Å². The first kappa shape index (κ1) is 18.7. The molecule has 0 saturated heterocycles. The zero-order chi connectivity index (χ0) is 20.7. The molecular formula is C22H19ClN4O3. The molecule has 1 aromatic carbocycles. The summed E-state index contributed by atoms with van der Waals surface area (Å²) in [7, 11) is 0. The third-order valence-corrected chi connectivity index (χ3v) is 5.78. The predicted octanol–water partition coefficient (Wildman–Crippen LogP) is 3.83. The Balaban J connectivity index is 1.39. The molecule has 0 fully saturated rings. The molecule has 0 unspecified atom stereocenters. The van der Waals surface area contributed by atoms with Crippen molar-refractivity contribution in [2.24, 2.45) is 0 Å². The molecule has 152 valence electrons. The SMILES string of the molecule is O=C(Cn1nc(-c2ccco2)ccc1=O)N[C@H]1CCCc2c1[nH]c1c(Cl)cccc21. The molecule has 4 aromatic rings. The van der Waals surface area contributed by atoms with Crippen LogP contribution in [0.4, 0.5) is 0 Å². The van der Waals surface area contributed by atoms with E-state index in [1.54, 1.807) is 18.2 Å². The summed E-state index contributed by atoms with van der Waals surface area (Å²) in [5.74, 6) is 0.264. The van der Waals surface area contributed by atoms with Gasteiger partial charge in [0.05, 0.1) is 22.8 Å². The summed E-state index contributed by atoms with van der Waals surface area (Å²) in [4.78, 5) is 28.3. The number of aromatic amines is 1. The molecule has 0 saturated carbocycles. The van der Waals surface area contributed by atoms with Crippen LogP contribution < -0.4 is 10.9 Å². The molecule has 7 nitrogen and oxygen atoms in total. The van der Waals surface area contributed by atoms with E-state index in [2.05, 4.69) is 15.4 Å². The van der Waals surface area contributed by atoms with Gasteiger partial charge in [-0.05, 0) is 49.1 Å². The number of H-pyrrole nitrogens is 1. The number of hydrogen-bond donors (Lipinski definition) is 2. The molecule has 2 N–H and O–H groups in total. The largest absolute Gasteiger partial charge is 0.463 e. The second kappa shape index (κ2) is 7.50. The van der Waals surface area contributed by atoms with Crippen LogP contribution in [-0.4, -0.2) is 20.7 Å². The van der Waals surface area contributed by atoms with Gasteiger partial charge in [0, 0.05) is 17.1 Å². The number of benzene rings is 1. The number of halogens is 1. The molecule has 30 heavy (non-hydrogen) atoms. The molecule has 0 spiro atoms. The van der Waals surface area contributed by atoms with Crippen molar-refractivity contribution >= 4 is 28.4 Å². The quantitative estimate of drug-likeness (QED) is 0.522. The van der Waals surface area contributed by atoms with Gasteiger partial charge in [0.15, 0.2) is 5.76 Å². The Morgan fingerprint density at radius 1 is 1.27 bits per heavy atom. The summed E-state index contributed by atoms with van der Waals surface area (Å²) >= 11 is 6.34. The molecule has 3 heterocycles. The first-order valence-electron chi connectivity index (χ1n) is 9.80. The highest BCUT2D eigenvalue weighted by Crippen LogP contribution is 2.36. The van der Waals surface area contributed by atoms with Crippen LogP contribution >= 0.6 is 11.6 Å². The number of carbonyl (C=O) groups is 1. The van der Waals surface area contributed by atoms with E-state index in [9.17, 15) is 9.59 Å². The topological polar surface area (TPSA) is 92.9 Å². The number of rotatable bonds is 4. The Labute approximate surface area is 176 Å². The number of aryl methyl sites for hydroxylation is 1. The number of fused-ring (bicyclic) bond motifs is 3. The lowest BCUT2D eigenvalue weighted by atomic mass is 9.91. The van der Waals surface area contributed by atoms with E-state index < -0.39 is 0 Å². The van der Waals surface area contributed by atoms with Crippen LogP contribution in [0.3, 0.4) is 0 Å². The Kier molecular flexibility index (Phi) is 4.67. The average Bonchev–Trinajstić information content (AvgIpc) is 3.39. The Morgan fingerprint density at radius 3 is 3.00 bits per heavy atom. The highest BCUT2D eigenvalue weighted by molar-refractivity contribution is 6.35. The van der Waals surface area contributed by atoms with Crippen LogP contribution in [0, 0.1) is 0 Å². The minimum absolute atomic E-state index is 0.159. The number of nitrogens with one attached hydrogen (secondary N) is 2. The van der Waals surface area contributed by atoms with Crippen molar-refractivity contribution < 1.29 is 9.21 Å². The summed E-state index contributed by atoms with van der Waals surface area (Å²) in [6.45, 7) is -0.166. The lowest BCUT2D eigenvalue weighted by Gasteiger charge is -2.24. The van der Waals surface area contributed by atoms with Gasteiger partial charge >= 0.3 is 0 Å². The molecular weight excluding hydrogens is 404 g/mol. The Morgan fingerprint density at radius 2 is 2.17 bits per heavy atom. The van der Waals surface area contributed by atoms with Crippen LogP contribution in [0.1, 0.15) is 30.1 Å². The van der Waals surface area contributed by atoms with E-state index in [4.69, 9.17) is 16.0 Å². The zero-order valence-corrected chi connectivity index (χ0v) is 16.8. The van der Waals surface area contributed by atoms with Gasteiger partial charge in [0.25, 0.3) is 5.56 Å². The first-order valence-corrected chi connectivity index (χ1v) is 10.2. The molecule has 1 aliphatic carbocycles. The van der Waals surface area contributed by atoms with E-state index in [0.29, 0.717) is 16.5 Å².